The number of methoxy groups -OCH3 is 1. The third kappa shape index (κ3) is 5.25. The van der Waals surface area contributed by atoms with E-state index in [1.54, 1.807) is 7.11 Å². The van der Waals surface area contributed by atoms with Gasteiger partial charge in [-0.25, -0.2) is 0 Å². The van der Waals surface area contributed by atoms with E-state index in [1.807, 2.05) is 60.8 Å². The maximum atomic E-state index is 12.3. The molecule has 0 unspecified atom stereocenters. The van der Waals surface area contributed by atoms with Crippen molar-refractivity contribution < 1.29 is 14.8 Å². The first kappa shape index (κ1) is 18.3. The lowest BCUT2D eigenvalue weighted by Gasteiger charge is -2.17. The fourth-order valence-electron chi connectivity index (χ4n) is 2.49. The topological polar surface area (TPSA) is 54.9 Å². The minimum atomic E-state index is -0.172. The number of halogens is 1. The molecule has 0 aromatic heterocycles. The van der Waals surface area contributed by atoms with Gasteiger partial charge in [-0.15, -0.1) is 0 Å². The molecule has 0 fully saturated rings. The van der Waals surface area contributed by atoms with Crippen LogP contribution in [0.5, 0.6) is 5.75 Å². The Morgan fingerprint density at radius 1 is 1.12 bits per heavy atom. The molecule has 0 aliphatic rings. The highest BCUT2D eigenvalue weighted by Gasteiger charge is 2.19. The summed E-state index contributed by atoms with van der Waals surface area (Å²) in [5.41, 5.74) is 2.19. The van der Waals surface area contributed by atoms with Gasteiger partial charge in [-0.05, 0) is 43.7 Å². The van der Waals surface area contributed by atoms with Crippen LogP contribution in [0, 0.1) is 0 Å². The Morgan fingerprint density at radius 2 is 1.75 bits per heavy atom. The van der Waals surface area contributed by atoms with Crippen LogP contribution in [-0.4, -0.2) is 19.1 Å². The maximum Gasteiger partial charge on any atom is 0.278 e. The summed E-state index contributed by atoms with van der Waals surface area (Å²) in [5.74, 6) is 0.829. The molecule has 128 valence electrons. The van der Waals surface area contributed by atoms with Gasteiger partial charge >= 0.3 is 0 Å². The highest BCUT2D eigenvalue weighted by atomic mass is 35.5. The predicted octanol–water partition coefficient (Wildman–Crippen LogP) is 2.68. The van der Waals surface area contributed by atoms with Gasteiger partial charge in [0.2, 0.25) is 0 Å². The first-order valence-electron chi connectivity index (χ1n) is 8.00. The first-order chi connectivity index (χ1) is 11.5. The van der Waals surface area contributed by atoms with Gasteiger partial charge in [0.25, 0.3) is 5.91 Å². The van der Waals surface area contributed by atoms with Crippen LogP contribution in [0.25, 0.3) is 0 Å². The van der Waals surface area contributed by atoms with Crippen LogP contribution >= 0.6 is 11.6 Å². The SMILES string of the molecule is COc1ccc(CNC(=O)[C@H](C)[NH2+][C@@H](C)c2ccc(Cl)cc2)cc1. The van der Waals surface area contributed by atoms with Crippen LogP contribution in [0.15, 0.2) is 48.5 Å². The quantitative estimate of drug-likeness (QED) is 0.809. The maximum absolute atomic E-state index is 12.3. The summed E-state index contributed by atoms with van der Waals surface area (Å²) < 4.78 is 5.13. The Morgan fingerprint density at radius 3 is 2.33 bits per heavy atom. The number of carbonyl (C=O) groups excluding carboxylic acids is 1. The number of nitrogens with two attached hydrogens (primary N) is 1. The zero-order chi connectivity index (χ0) is 17.5. The highest BCUT2D eigenvalue weighted by Crippen LogP contribution is 2.13. The Balaban J connectivity index is 1.83. The fraction of sp³-hybridized carbons (Fsp3) is 0.316. The number of rotatable bonds is 7. The molecule has 0 radical (unpaired) electrons. The number of amides is 1. The molecule has 2 aromatic rings. The van der Waals surface area contributed by atoms with Gasteiger partial charge in [-0.3, -0.25) is 4.79 Å². The molecule has 24 heavy (non-hydrogen) atoms. The van der Waals surface area contributed by atoms with Crippen LogP contribution in [0.2, 0.25) is 5.02 Å². The van der Waals surface area contributed by atoms with Crippen molar-refractivity contribution >= 4 is 17.5 Å². The number of nitrogens with one attached hydrogen (secondary N) is 1. The van der Waals surface area contributed by atoms with Crippen molar-refractivity contribution in [1.29, 1.82) is 0 Å². The zero-order valence-electron chi connectivity index (χ0n) is 14.3. The Kier molecular flexibility index (Phi) is 6.64. The molecular formula is C19H24ClN2O2+. The summed E-state index contributed by atoms with van der Waals surface area (Å²) in [7, 11) is 1.64. The Labute approximate surface area is 148 Å². The standard InChI is InChI=1S/C19H23ClN2O2/c1-13(16-6-8-17(20)9-7-16)22-14(2)19(23)21-12-15-4-10-18(24-3)11-5-15/h4-11,13-14,22H,12H2,1-3H3,(H,21,23)/p+1/t13-,14-/m0/s1. The zero-order valence-corrected chi connectivity index (χ0v) is 15.0. The number of ether oxygens (including phenoxy) is 1. The summed E-state index contributed by atoms with van der Waals surface area (Å²) in [4.78, 5) is 12.3. The number of benzene rings is 2. The third-order valence-corrected chi connectivity index (χ3v) is 4.26. The van der Waals surface area contributed by atoms with E-state index in [1.165, 1.54) is 0 Å². The summed E-state index contributed by atoms with van der Waals surface area (Å²) in [6, 6.07) is 15.4. The van der Waals surface area contributed by atoms with Crippen LogP contribution in [0.1, 0.15) is 31.0 Å². The molecule has 3 N–H and O–H groups in total. The minimum absolute atomic E-state index is 0.0200. The van der Waals surface area contributed by atoms with Crippen LogP contribution < -0.4 is 15.4 Å². The van der Waals surface area contributed by atoms with Gasteiger partial charge in [0.1, 0.15) is 11.8 Å². The van der Waals surface area contributed by atoms with Crippen LogP contribution in [-0.2, 0) is 11.3 Å². The van der Waals surface area contributed by atoms with E-state index in [9.17, 15) is 4.79 Å². The van der Waals surface area contributed by atoms with E-state index in [2.05, 4.69) is 12.2 Å². The monoisotopic (exact) mass is 347 g/mol. The molecule has 0 spiro atoms. The molecule has 2 aromatic carbocycles. The normalized spacial score (nSPS) is 13.2. The summed E-state index contributed by atoms with van der Waals surface area (Å²) in [6.07, 6.45) is 0. The molecule has 0 heterocycles. The molecule has 0 aliphatic heterocycles. The molecular weight excluding hydrogens is 324 g/mol. The van der Waals surface area contributed by atoms with Crippen molar-refractivity contribution in [2.24, 2.45) is 0 Å². The molecule has 2 rings (SSSR count). The van der Waals surface area contributed by atoms with E-state index in [0.717, 1.165) is 21.9 Å². The minimum Gasteiger partial charge on any atom is -0.497 e. The summed E-state index contributed by atoms with van der Waals surface area (Å²) in [5, 5.41) is 5.74. The fourth-order valence-corrected chi connectivity index (χ4v) is 2.62. The average molecular weight is 348 g/mol. The van der Waals surface area contributed by atoms with Crippen molar-refractivity contribution in [2.45, 2.75) is 32.5 Å². The summed E-state index contributed by atoms with van der Waals surface area (Å²) >= 11 is 5.91. The number of hydrogen-bond donors (Lipinski definition) is 2. The Bertz CT molecular complexity index is 656. The first-order valence-corrected chi connectivity index (χ1v) is 8.38. The molecule has 0 saturated heterocycles. The number of quaternary nitrogens is 1. The number of carbonyl (C=O) groups is 1. The molecule has 1 amide bonds. The Hall–Kier alpha value is -2.04. The van der Waals surface area contributed by atoms with E-state index < -0.39 is 0 Å². The average Bonchev–Trinajstić information content (AvgIpc) is 2.60. The highest BCUT2D eigenvalue weighted by molar-refractivity contribution is 6.30. The van der Waals surface area contributed by atoms with Crippen LogP contribution in [0.3, 0.4) is 0 Å². The van der Waals surface area contributed by atoms with Gasteiger partial charge in [0.05, 0.1) is 7.11 Å². The van der Waals surface area contributed by atoms with Crippen molar-refractivity contribution in [2.75, 3.05) is 7.11 Å². The van der Waals surface area contributed by atoms with Crippen molar-refractivity contribution in [1.82, 2.24) is 5.32 Å². The second-order valence-corrected chi connectivity index (χ2v) is 6.32. The van der Waals surface area contributed by atoms with Crippen molar-refractivity contribution in [3.8, 4) is 5.75 Å². The number of hydrogen-bond acceptors (Lipinski definition) is 2. The van der Waals surface area contributed by atoms with E-state index in [-0.39, 0.29) is 18.0 Å². The molecule has 0 saturated carbocycles. The molecule has 0 bridgehead atoms. The van der Waals surface area contributed by atoms with E-state index in [0.29, 0.717) is 6.54 Å². The van der Waals surface area contributed by atoms with Gasteiger partial charge in [-0.2, -0.15) is 0 Å². The molecule has 4 nitrogen and oxygen atoms in total. The smallest absolute Gasteiger partial charge is 0.278 e. The largest absolute Gasteiger partial charge is 0.497 e. The lowest BCUT2D eigenvalue weighted by Crippen LogP contribution is -2.92. The second kappa shape index (κ2) is 8.71. The van der Waals surface area contributed by atoms with Crippen LogP contribution in [0.4, 0.5) is 0 Å². The van der Waals surface area contributed by atoms with E-state index in [4.69, 9.17) is 16.3 Å². The lowest BCUT2D eigenvalue weighted by molar-refractivity contribution is -0.710. The summed E-state index contributed by atoms with van der Waals surface area (Å²) in [6.45, 7) is 4.50. The van der Waals surface area contributed by atoms with E-state index >= 15 is 0 Å². The third-order valence-electron chi connectivity index (χ3n) is 4.01. The lowest BCUT2D eigenvalue weighted by atomic mass is 10.1. The van der Waals surface area contributed by atoms with Gasteiger partial charge in [-0.1, -0.05) is 35.9 Å². The van der Waals surface area contributed by atoms with Gasteiger partial charge in [0, 0.05) is 17.1 Å². The second-order valence-electron chi connectivity index (χ2n) is 5.89. The van der Waals surface area contributed by atoms with Crippen molar-refractivity contribution in [3.63, 3.8) is 0 Å². The molecule has 0 aliphatic carbocycles. The molecule has 2 atom stereocenters. The van der Waals surface area contributed by atoms with Gasteiger partial charge in [0.15, 0.2) is 6.04 Å². The predicted molar refractivity (Wildman–Crippen MR) is 96.1 cm³/mol. The molecule has 5 heteroatoms. The van der Waals surface area contributed by atoms with Gasteiger partial charge < -0.3 is 15.4 Å². The van der Waals surface area contributed by atoms with Crippen molar-refractivity contribution in [3.05, 3.63) is 64.7 Å².